The first-order valence-electron chi connectivity index (χ1n) is 6.40. The van der Waals surface area contributed by atoms with E-state index in [1.165, 1.54) is 15.9 Å². The summed E-state index contributed by atoms with van der Waals surface area (Å²) >= 11 is 0. The van der Waals surface area contributed by atoms with Crippen LogP contribution in [0.4, 0.5) is 0 Å². The standard InChI is InChI=1S/C18H15P.CH3.Ni/c1-4-10-16(11-5-1)19(17-12-6-2-7-13-17)18-14-8-3-9-15-18;;/h1-15H;1H3;/q;-1;. The second-order valence-corrected chi connectivity index (χ2v) is 6.56. The first-order valence-corrected chi connectivity index (χ1v) is 7.74. The van der Waals surface area contributed by atoms with Crippen molar-refractivity contribution in [2.45, 2.75) is 0 Å². The Morgan fingerprint density at radius 2 is 0.667 bits per heavy atom. The Hall–Kier alpha value is -1.42. The summed E-state index contributed by atoms with van der Waals surface area (Å²) in [5, 5.41) is 4.19. The molecule has 0 aromatic heterocycles. The van der Waals surface area contributed by atoms with Crippen LogP contribution in [0.2, 0.25) is 0 Å². The summed E-state index contributed by atoms with van der Waals surface area (Å²) in [5.74, 6) is 0. The fraction of sp³-hybridized carbons (Fsp3) is 0. The maximum absolute atomic E-state index is 2.23. The molecule has 0 bridgehead atoms. The second kappa shape index (κ2) is 8.78. The monoisotopic (exact) mass is 335 g/mol. The van der Waals surface area contributed by atoms with Crippen molar-refractivity contribution in [3.05, 3.63) is 98.4 Å². The maximum atomic E-state index is 2.23. The van der Waals surface area contributed by atoms with Crippen molar-refractivity contribution in [1.29, 1.82) is 0 Å². The minimum Gasteiger partial charge on any atom is -0.358 e. The molecule has 0 aliphatic heterocycles. The summed E-state index contributed by atoms with van der Waals surface area (Å²) in [7, 11) is -0.446. The molecule has 0 radical (unpaired) electrons. The van der Waals surface area contributed by atoms with E-state index in [0.717, 1.165) is 0 Å². The Balaban J connectivity index is 0.00000110. The molecule has 3 aromatic rings. The smallest absolute Gasteiger partial charge is 0 e. The molecule has 0 unspecified atom stereocenters. The van der Waals surface area contributed by atoms with Crippen LogP contribution >= 0.6 is 7.92 Å². The molecule has 0 atom stereocenters. The molecule has 0 heterocycles. The minimum atomic E-state index is -0.446. The molecule has 0 saturated heterocycles. The van der Waals surface area contributed by atoms with Gasteiger partial charge < -0.3 is 7.43 Å². The molecule has 0 saturated carbocycles. The molecule has 3 rings (SSSR count). The average molecular weight is 336 g/mol. The van der Waals surface area contributed by atoms with Gasteiger partial charge in [0.05, 0.1) is 0 Å². The van der Waals surface area contributed by atoms with Gasteiger partial charge in [0.15, 0.2) is 0 Å². The predicted molar refractivity (Wildman–Crippen MR) is 91.6 cm³/mol. The van der Waals surface area contributed by atoms with Crippen molar-refractivity contribution in [1.82, 2.24) is 0 Å². The molecule has 0 N–H and O–H groups in total. The molecule has 0 aliphatic rings. The van der Waals surface area contributed by atoms with E-state index in [0.29, 0.717) is 0 Å². The van der Waals surface area contributed by atoms with Crippen molar-refractivity contribution in [2.75, 3.05) is 0 Å². The van der Waals surface area contributed by atoms with Gasteiger partial charge in [-0.1, -0.05) is 91.0 Å². The van der Waals surface area contributed by atoms with Crippen LogP contribution in [-0.2, 0) is 16.5 Å². The predicted octanol–water partition coefficient (Wildman–Crippen LogP) is 3.89. The van der Waals surface area contributed by atoms with Gasteiger partial charge in [0, 0.05) is 16.5 Å². The number of hydrogen-bond donors (Lipinski definition) is 0. The van der Waals surface area contributed by atoms with Gasteiger partial charge in [0.1, 0.15) is 0 Å². The SMILES string of the molecule is [CH3-].[Ni].c1ccc(P(c2ccccc2)c2ccccc2)cc1. The Kier molecular flexibility index (Phi) is 7.37. The summed E-state index contributed by atoms with van der Waals surface area (Å²) < 4.78 is 0. The van der Waals surface area contributed by atoms with E-state index in [1.807, 2.05) is 0 Å². The minimum absolute atomic E-state index is 0. The van der Waals surface area contributed by atoms with Gasteiger partial charge in [-0.2, -0.15) is 0 Å². The van der Waals surface area contributed by atoms with E-state index >= 15 is 0 Å². The van der Waals surface area contributed by atoms with E-state index in [9.17, 15) is 0 Å². The zero-order valence-electron chi connectivity index (χ0n) is 11.9. The average Bonchev–Trinajstić information content (AvgIpc) is 2.51. The van der Waals surface area contributed by atoms with Crippen LogP contribution < -0.4 is 15.9 Å². The fourth-order valence-electron chi connectivity index (χ4n) is 2.18. The molecule has 0 amide bonds. The van der Waals surface area contributed by atoms with E-state index in [1.54, 1.807) is 0 Å². The van der Waals surface area contributed by atoms with Gasteiger partial charge in [0.2, 0.25) is 0 Å². The fourth-order valence-corrected chi connectivity index (χ4v) is 4.48. The summed E-state index contributed by atoms with van der Waals surface area (Å²) in [6.07, 6.45) is 0. The first-order chi connectivity index (χ1) is 9.45. The number of benzene rings is 3. The molecule has 0 fully saturated rings. The Bertz CT molecular complexity index is 530. The molecule has 3 aromatic carbocycles. The largest absolute Gasteiger partial charge is 0.358 e. The Labute approximate surface area is 138 Å². The number of rotatable bonds is 3. The topological polar surface area (TPSA) is 0 Å². The van der Waals surface area contributed by atoms with Gasteiger partial charge in [-0.05, 0) is 23.8 Å². The normalized spacial score (nSPS) is 9.57. The molecule has 2 heteroatoms. The van der Waals surface area contributed by atoms with Crippen molar-refractivity contribution < 1.29 is 16.5 Å². The Morgan fingerprint density at radius 1 is 0.429 bits per heavy atom. The maximum Gasteiger partial charge on any atom is 0 e. The third-order valence-corrected chi connectivity index (χ3v) is 5.49. The summed E-state index contributed by atoms with van der Waals surface area (Å²) in [5.41, 5.74) is 0. The summed E-state index contributed by atoms with van der Waals surface area (Å²) in [4.78, 5) is 0. The molecule has 0 spiro atoms. The van der Waals surface area contributed by atoms with Crippen LogP contribution in [-0.4, -0.2) is 0 Å². The van der Waals surface area contributed by atoms with E-state index in [2.05, 4.69) is 91.0 Å². The molecular formula is C19H18NiP-. The third kappa shape index (κ3) is 4.27. The van der Waals surface area contributed by atoms with Crippen LogP contribution in [0.25, 0.3) is 0 Å². The van der Waals surface area contributed by atoms with Crippen LogP contribution in [0, 0.1) is 7.43 Å². The van der Waals surface area contributed by atoms with Gasteiger partial charge in [-0.15, -0.1) is 0 Å². The summed E-state index contributed by atoms with van der Waals surface area (Å²) in [6.45, 7) is 0. The zero-order chi connectivity index (χ0) is 12.9. The quantitative estimate of drug-likeness (QED) is 0.387. The molecule has 110 valence electrons. The van der Waals surface area contributed by atoms with Crippen molar-refractivity contribution >= 4 is 23.8 Å². The Morgan fingerprint density at radius 3 is 0.905 bits per heavy atom. The van der Waals surface area contributed by atoms with Crippen molar-refractivity contribution in [3.8, 4) is 0 Å². The van der Waals surface area contributed by atoms with Crippen LogP contribution in [0.5, 0.6) is 0 Å². The van der Waals surface area contributed by atoms with Crippen LogP contribution in [0.1, 0.15) is 0 Å². The molecular weight excluding hydrogens is 318 g/mol. The van der Waals surface area contributed by atoms with Gasteiger partial charge in [-0.3, -0.25) is 0 Å². The van der Waals surface area contributed by atoms with Crippen molar-refractivity contribution in [2.24, 2.45) is 0 Å². The van der Waals surface area contributed by atoms with E-state index in [4.69, 9.17) is 0 Å². The van der Waals surface area contributed by atoms with Gasteiger partial charge >= 0.3 is 0 Å². The van der Waals surface area contributed by atoms with Gasteiger partial charge in [0.25, 0.3) is 0 Å². The molecule has 21 heavy (non-hydrogen) atoms. The van der Waals surface area contributed by atoms with Crippen LogP contribution in [0.15, 0.2) is 91.0 Å². The van der Waals surface area contributed by atoms with Crippen molar-refractivity contribution in [3.63, 3.8) is 0 Å². The third-order valence-electron chi connectivity index (χ3n) is 3.04. The number of hydrogen-bond acceptors (Lipinski definition) is 0. The second-order valence-electron chi connectivity index (χ2n) is 4.34. The van der Waals surface area contributed by atoms with Crippen LogP contribution in [0.3, 0.4) is 0 Å². The first kappa shape index (κ1) is 17.6. The summed E-state index contributed by atoms with van der Waals surface area (Å²) in [6, 6.07) is 32.3. The van der Waals surface area contributed by atoms with E-state index in [-0.39, 0.29) is 23.9 Å². The molecule has 0 aliphatic carbocycles. The zero-order valence-corrected chi connectivity index (χ0v) is 13.8. The van der Waals surface area contributed by atoms with E-state index < -0.39 is 7.92 Å². The van der Waals surface area contributed by atoms with Gasteiger partial charge in [-0.25, -0.2) is 0 Å². The molecule has 0 nitrogen and oxygen atoms in total.